The van der Waals surface area contributed by atoms with E-state index in [-0.39, 0.29) is 6.04 Å². The molecule has 0 saturated heterocycles. The van der Waals surface area contributed by atoms with Gasteiger partial charge in [0.05, 0.1) is 0 Å². The van der Waals surface area contributed by atoms with Crippen molar-refractivity contribution in [1.82, 2.24) is 5.48 Å². The van der Waals surface area contributed by atoms with Crippen molar-refractivity contribution in [2.45, 2.75) is 26.3 Å². The Labute approximate surface area is 73.2 Å². The standard InChI is InChI=1S/C10H15NO/c1-8-3-5-10(6-4-8)7-9(2)11-12/h3-6,9,11-12H,7H2,1-2H3/t9-/m0/s1. The highest BCUT2D eigenvalue weighted by Crippen LogP contribution is 2.05. The molecule has 1 atom stereocenters. The van der Waals surface area contributed by atoms with Gasteiger partial charge in [-0.05, 0) is 25.8 Å². The average Bonchev–Trinajstić information content (AvgIpc) is 2.09. The van der Waals surface area contributed by atoms with Gasteiger partial charge in [-0.2, -0.15) is 0 Å². The summed E-state index contributed by atoms with van der Waals surface area (Å²) in [5.74, 6) is 0. The van der Waals surface area contributed by atoms with E-state index in [1.165, 1.54) is 11.1 Å². The summed E-state index contributed by atoms with van der Waals surface area (Å²) >= 11 is 0. The van der Waals surface area contributed by atoms with Gasteiger partial charge >= 0.3 is 0 Å². The molecule has 0 heterocycles. The first-order valence-electron chi connectivity index (χ1n) is 4.17. The fourth-order valence-corrected chi connectivity index (χ4v) is 1.12. The van der Waals surface area contributed by atoms with E-state index in [9.17, 15) is 0 Å². The van der Waals surface area contributed by atoms with Gasteiger partial charge in [-0.1, -0.05) is 29.8 Å². The predicted octanol–water partition coefficient (Wildman–Crippen LogP) is 1.90. The zero-order chi connectivity index (χ0) is 8.97. The third-order valence-electron chi connectivity index (χ3n) is 1.88. The third-order valence-corrected chi connectivity index (χ3v) is 1.88. The Morgan fingerprint density at radius 2 is 1.92 bits per heavy atom. The summed E-state index contributed by atoms with van der Waals surface area (Å²) in [7, 11) is 0. The second kappa shape index (κ2) is 4.24. The fourth-order valence-electron chi connectivity index (χ4n) is 1.12. The second-order valence-corrected chi connectivity index (χ2v) is 3.22. The topological polar surface area (TPSA) is 32.3 Å². The van der Waals surface area contributed by atoms with Gasteiger partial charge in [-0.15, -0.1) is 0 Å². The van der Waals surface area contributed by atoms with Crippen LogP contribution in [0.1, 0.15) is 18.1 Å². The van der Waals surface area contributed by atoms with E-state index >= 15 is 0 Å². The highest BCUT2D eigenvalue weighted by atomic mass is 16.5. The summed E-state index contributed by atoms with van der Waals surface area (Å²) in [6.45, 7) is 4.01. The summed E-state index contributed by atoms with van der Waals surface area (Å²) in [6, 6.07) is 8.46. The molecule has 0 aromatic heterocycles. The molecule has 1 aromatic rings. The van der Waals surface area contributed by atoms with Crippen molar-refractivity contribution in [1.29, 1.82) is 0 Å². The van der Waals surface area contributed by atoms with Crippen molar-refractivity contribution >= 4 is 0 Å². The molecule has 2 N–H and O–H groups in total. The molecule has 66 valence electrons. The zero-order valence-electron chi connectivity index (χ0n) is 7.54. The van der Waals surface area contributed by atoms with Crippen molar-refractivity contribution < 1.29 is 5.21 Å². The molecule has 0 bridgehead atoms. The second-order valence-electron chi connectivity index (χ2n) is 3.22. The van der Waals surface area contributed by atoms with E-state index in [4.69, 9.17) is 5.21 Å². The van der Waals surface area contributed by atoms with E-state index in [2.05, 4.69) is 36.7 Å². The first-order valence-corrected chi connectivity index (χ1v) is 4.17. The van der Waals surface area contributed by atoms with E-state index in [1.54, 1.807) is 0 Å². The van der Waals surface area contributed by atoms with Crippen LogP contribution in [0.2, 0.25) is 0 Å². The summed E-state index contributed by atoms with van der Waals surface area (Å²) in [4.78, 5) is 0. The van der Waals surface area contributed by atoms with E-state index < -0.39 is 0 Å². The molecule has 2 heteroatoms. The quantitative estimate of drug-likeness (QED) is 0.670. The normalized spacial score (nSPS) is 12.9. The van der Waals surface area contributed by atoms with Crippen molar-refractivity contribution in [2.24, 2.45) is 0 Å². The van der Waals surface area contributed by atoms with Crippen LogP contribution in [0.4, 0.5) is 0 Å². The summed E-state index contributed by atoms with van der Waals surface area (Å²) in [5, 5.41) is 8.60. The minimum atomic E-state index is 0.118. The van der Waals surface area contributed by atoms with Crippen LogP contribution in [0.15, 0.2) is 24.3 Å². The molecular formula is C10H15NO. The van der Waals surface area contributed by atoms with E-state index in [0.29, 0.717) is 0 Å². The Bertz CT molecular complexity index is 230. The number of hydrogen-bond acceptors (Lipinski definition) is 2. The molecule has 1 rings (SSSR count). The number of benzene rings is 1. The predicted molar refractivity (Wildman–Crippen MR) is 49.3 cm³/mol. The molecule has 0 aliphatic heterocycles. The maximum absolute atomic E-state index is 8.60. The minimum absolute atomic E-state index is 0.118. The summed E-state index contributed by atoms with van der Waals surface area (Å²) in [6.07, 6.45) is 0.858. The van der Waals surface area contributed by atoms with Crippen molar-refractivity contribution in [2.75, 3.05) is 0 Å². The lowest BCUT2D eigenvalue weighted by molar-refractivity contribution is 0.133. The van der Waals surface area contributed by atoms with Crippen LogP contribution < -0.4 is 5.48 Å². The van der Waals surface area contributed by atoms with Gasteiger partial charge in [0, 0.05) is 6.04 Å². The van der Waals surface area contributed by atoms with Gasteiger partial charge in [-0.3, -0.25) is 0 Å². The minimum Gasteiger partial charge on any atom is -0.317 e. The van der Waals surface area contributed by atoms with Gasteiger partial charge in [0.2, 0.25) is 0 Å². The van der Waals surface area contributed by atoms with Crippen molar-refractivity contribution in [3.8, 4) is 0 Å². The lowest BCUT2D eigenvalue weighted by Crippen LogP contribution is -2.24. The van der Waals surface area contributed by atoms with Gasteiger partial charge in [0.15, 0.2) is 0 Å². The maximum Gasteiger partial charge on any atom is 0.0331 e. The molecule has 0 aliphatic carbocycles. The monoisotopic (exact) mass is 165 g/mol. The maximum atomic E-state index is 8.60. The molecule has 0 fully saturated rings. The van der Waals surface area contributed by atoms with Crippen LogP contribution in [-0.2, 0) is 6.42 Å². The lowest BCUT2D eigenvalue weighted by atomic mass is 10.1. The van der Waals surface area contributed by atoms with Crippen molar-refractivity contribution in [3.63, 3.8) is 0 Å². The molecule has 0 saturated carbocycles. The highest BCUT2D eigenvalue weighted by Gasteiger charge is 1.99. The van der Waals surface area contributed by atoms with Crippen LogP contribution >= 0.6 is 0 Å². The van der Waals surface area contributed by atoms with Crippen LogP contribution in [0.5, 0.6) is 0 Å². The van der Waals surface area contributed by atoms with Crippen LogP contribution in [0.25, 0.3) is 0 Å². The van der Waals surface area contributed by atoms with Gasteiger partial charge in [0.1, 0.15) is 0 Å². The molecule has 0 aliphatic rings. The fraction of sp³-hybridized carbons (Fsp3) is 0.400. The first kappa shape index (κ1) is 9.23. The smallest absolute Gasteiger partial charge is 0.0331 e. The SMILES string of the molecule is Cc1ccc(C[C@H](C)NO)cc1. The van der Waals surface area contributed by atoms with E-state index in [0.717, 1.165) is 6.42 Å². The zero-order valence-corrected chi connectivity index (χ0v) is 7.54. The summed E-state index contributed by atoms with van der Waals surface area (Å²) < 4.78 is 0. The average molecular weight is 165 g/mol. The molecule has 1 aromatic carbocycles. The Morgan fingerprint density at radius 1 is 1.33 bits per heavy atom. The number of rotatable bonds is 3. The van der Waals surface area contributed by atoms with Crippen LogP contribution in [-0.4, -0.2) is 11.2 Å². The number of hydrogen-bond donors (Lipinski definition) is 2. The molecule has 0 amide bonds. The van der Waals surface area contributed by atoms with Crippen LogP contribution in [0, 0.1) is 6.92 Å². The van der Waals surface area contributed by atoms with Gasteiger partial charge < -0.3 is 5.21 Å². The summed E-state index contributed by atoms with van der Waals surface area (Å²) in [5.41, 5.74) is 4.74. The lowest BCUT2D eigenvalue weighted by Gasteiger charge is -2.08. The first-order chi connectivity index (χ1) is 5.72. The molecule has 12 heavy (non-hydrogen) atoms. The Kier molecular flexibility index (Phi) is 3.26. The Balaban J connectivity index is 2.58. The number of hydroxylamine groups is 1. The van der Waals surface area contributed by atoms with Gasteiger partial charge in [-0.25, -0.2) is 5.48 Å². The number of nitrogens with one attached hydrogen (secondary N) is 1. The molecular weight excluding hydrogens is 150 g/mol. The highest BCUT2D eigenvalue weighted by molar-refractivity contribution is 5.21. The molecule has 2 nitrogen and oxygen atoms in total. The number of aryl methyl sites for hydroxylation is 1. The Hall–Kier alpha value is -0.860. The molecule has 0 radical (unpaired) electrons. The van der Waals surface area contributed by atoms with E-state index in [1.807, 2.05) is 6.92 Å². The van der Waals surface area contributed by atoms with Crippen molar-refractivity contribution in [3.05, 3.63) is 35.4 Å². The Morgan fingerprint density at radius 3 is 2.42 bits per heavy atom. The molecule has 0 unspecified atom stereocenters. The largest absolute Gasteiger partial charge is 0.317 e. The van der Waals surface area contributed by atoms with Crippen LogP contribution in [0.3, 0.4) is 0 Å². The third kappa shape index (κ3) is 2.64. The molecule has 0 spiro atoms. The van der Waals surface area contributed by atoms with Gasteiger partial charge in [0.25, 0.3) is 0 Å².